The monoisotopic (exact) mass is 256 g/mol. The van der Waals surface area contributed by atoms with Crippen molar-refractivity contribution in [2.24, 2.45) is 0 Å². The van der Waals surface area contributed by atoms with Crippen molar-refractivity contribution in [2.75, 3.05) is 0 Å². The first-order valence-electron chi connectivity index (χ1n) is 6.57. The molecule has 2 unspecified atom stereocenters. The standard InChI is InChI=1S/C15H16N2O2/c18-15(19)14-7-3-6-13(17-14)11-8-10-4-1-2-5-12(10)16-9-11/h1-2,4-5,8-9,13-14,17H,3,6-7H2,(H,18,19). The van der Waals surface area contributed by atoms with Crippen LogP contribution in [0, 0.1) is 0 Å². The number of carbonyl (C=O) groups is 1. The molecule has 98 valence electrons. The number of carboxylic acid groups (broad SMARTS) is 1. The average Bonchev–Trinajstić information content (AvgIpc) is 2.47. The van der Waals surface area contributed by atoms with E-state index in [4.69, 9.17) is 5.11 Å². The van der Waals surface area contributed by atoms with Crippen LogP contribution < -0.4 is 5.32 Å². The lowest BCUT2D eigenvalue weighted by atomic mass is 9.94. The van der Waals surface area contributed by atoms with Gasteiger partial charge in [-0.2, -0.15) is 0 Å². The SMILES string of the molecule is O=C(O)C1CCCC(c2cnc3ccccc3c2)N1. The van der Waals surface area contributed by atoms with Crippen LogP contribution in [0.5, 0.6) is 0 Å². The molecule has 1 fully saturated rings. The molecule has 0 bridgehead atoms. The second-order valence-electron chi connectivity index (χ2n) is 5.00. The van der Waals surface area contributed by atoms with Crippen molar-refractivity contribution in [3.8, 4) is 0 Å². The van der Waals surface area contributed by atoms with Crippen LogP contribution in [-0.2, 0) is 4.79 Å². The Bertz CT molecular complexity index is 612. The van der Waals surface area contributed by atoms with Crippen LogP contribution in [0.25, 0.3) is 10.9 Å². The van der Waals surface area contributed by atoms with Gasteiger partial charge in [0.25, 0.3) is 0 Å². The molecule has 2 N–H and O–H groups in total. The number of hydrogen-bond donors (Lipinski definition) is 2. The molecule has 2 atom stereocenters. The minimum atomic E-state index is -0.765. The molecule has 2 aromatic rings. The van der Waals surface area contributed by atoms with Crippen LogP contribution in [-0.4, -0.2) is 22.1 Å². The zero-order valence-electron chi connectivity index (χ0n) is 10.5. The van der Waals surface area contributed by atoms with E-state index in [0.717, 1.165) is 29.3 Å². The molecule has 4 heteroatoms. The molecule has 1 aliphatic rings. The molecule has 0 spiro atoms. The van der Waals surface area contributed by atoms with E-state index in [1.807, 2.05) is 30.5 Å². The lowest BCUT2D eigenvalue weighted by Gasteiger charge is -2.28. The van der Waals surface area contributed by atoms with Crippen molar-refractivity contribution < 1.29 is 9.90 Å². The summed E-state index contributed by atoms with van der Waals surface area (Å²) >= 11 is 0. The minimum absolute atomic E-state index is 0.0898. The van der Waals surface area contributed by atoms with Crippen molar-refractivity contribution >= 4 is 16.9 Å². The van der Waals surface area contributed by atoms with Gasteiger partial charge in [-0.3, -0.25) is 15.1 Å². The Morgan fingerprint density at radius 3 is 3.00 bits per heavy atom. The fourth-order valence-corrected chi connectivity index (χ4v) is 2.67. The second-order valence-corrected chi connectivity index (χ2v) is 5.00. The number of benzene rings is 1. The number of aliphatic carboxylic acids is 1. The Labute approximate surface area is 111 Å². The number of carboxylic acids is 1. The highest BCUT2D eigenvalue weighted by Crippen LogP contribution is 2.27. The first kappa shape index (κ1) is 12.1. The Balaban J connectivity index is 1.89. The topological polar surface area (TPSA) is 62.2 Å². The van der Waals surface area contributed by atoms with Gasteiger partial charge in [0, 0.05) is 17.6 Å². The number of rotatable bonds is 2. The number of fused-ring (bicyclic) bond motifs is 1. The molecule has 3 rings (SSSR count). The summed E-state index contributed by atoms with van der Waals surface area (Å²) in [5.74, 6) is -0.765. The van der Waals surface area contributed by atoms with E-state index in [-0.39, 0.29) is 6.04 Å². The average molecular weight is 256 g/mol. The third kappa shape index (κ3) is 2.44. The van der Waals surface area contributed by atoms with Gasteiger partial charge in [0.15, 0.2) is 0 Å². The van der Waals surface area contributed by atoms with Gasteiger partial charge in [0.2, 0.25) is 0 Å². The summed E-state index contributed by atoms with van der Waals surface area (Å²) in [4.78, 5) is 15.5. The van der Waals surface area contributed by atoms with Gasteiger partial charge in [-0.1, -0.05) is 18.2 Å². The summed E-state index contributed by atoms with van der Waals surface area (Å²) in [6, 6.07) is 9.72. The van der Waals surface area contributed by atoms with Crippen molar-refractivity contribution in [3.63, 3.8) is 0 Å². The summed E-state index contributed by atoms with van der Waals surface area (Å²) in [7, 11) is 0. The smallest absolute Gasteiger partial charge is 0.320 e. The van der Waals surface area contributed by atoms with Crippen molar-refractivity contribution in [1.29, 1.82) is 0 Å². The summed E-state index contributed by atoms with van der Waals surface area (Å²) in [5.41, 5.74) is 2.04. The Kier molecular flexibility index (Phi) is 3.17. The molecule has 0 radical (unpaired) electrons. The Morgan fingerprint density at radius 1 is 1.32 bits per heavy atom. The highest BCUT2D eigenvalue weighted by molar-refractivity contribution is 5.79. The predicted molar refractivity (Wildman–Crippen MR) is 72.9 cm³/mol. The van der Waals surface area contributed by atoms with Crippen molar-refractivity contribution in [1.82, 2.24) is 10.3 Å². The molecule has 1 aromatic heterocycles. The van der Waals surface area contributed by atoms with Gasteiger partial charge in [-0.15, -0.1) is 0 Å². The summed E-state index contributed by atoms with van der Waals surface area (Å²) < 4.78 is 0. The van der Waals surface area contributed by atoms with Crippen LogP contribution in [0.15, 0.2) is 36.5 Å². The zero-order chi connectivity index (χ0) is 13.2. The Morgan fingerprint density at radius 2 is 2.16 bits per heavy atom. The van der Waals surface area contributed by atoms with E-state index in [1.54, 1.807) is 0 Å². The molecule has 2 heterocycles. The van der Waals surface area contributed by atoms with E-state index in [0.29, 0.717) is 6.42 Å². The maximum absolute atomic E-state index is 11.1. The lowest BCUT2D eigenvalue weighted by Crippen LogP contribution is -2.42. The van der Waals surface area contributed by atoms with Gasteiger partial charge in [0.05, 0.1) is 5.52 Å². The van der Waals surface area contributed by atoms with Crippen LogP contribution >= 0.6 is 0 Å². The van der Waals surface area contributed by atoms with Gasteiger partial charge in [0.1, 0.15) is 6.04 Å². The summed E-state index contributed by atoms with van der Waals surface area (Å²) in [5, 5.41) is 13.4. The third-order valence-corrected chi connectivity index (χ3v) is 3.70. The minimum Gasteiger partial charge on any atom is -0.480 e. The summed E-state index contributed by atoms with van der Waals surface area (Å²) in [6.45, 7) is 0. The lowest BCUT2D eigenvalue weighted by molar-refractivity contribution is -0.140. The number of para-hydroxylation sites is 1. The molecule has 0 saturated carbocycles. The number of hydrogen-bond acceptors (Lipinski definition) is 3. The fourth-order valence-electron chi connectivity index (χ4n) is 2.67. The van der Waals surface area contributed by atoms with E-state index >= 15 is 0 Å². The first-order chi connectivity index (χ1) is 9.24. The zero-order valence-corrected chi connectivity index (χ0v) is 10.5. The third-order valence-electron chi connectivity index (χ3n) is 3.70. The van der Waals surface area contributed by atoms with Gasteiger partial charge >= 0.3 is 5.97 Å². The molecule has 1 aromatic carbocycles. The Hall–Kier alpha value is -1.94. The highest BCUT2D eigenvalue weighted by atomic mass is 16.4. The molecule has 0 amide bonds. The predicted octanol–water partition coefficient (Wildman–Crippen LogP) is 2.50. The number of piperidine rings is 1. The fraction of sp³-hybridized carbons (Fsp3) is 0.333. The van der Waals surface area contributed by atoms with Gasteiger partial charge in [-0.05, 0) is 37.0 Å². The van der Waals surface area contributed by atoms with E-state index < -0.39 is 12.0 Å². The molecular weight excluding hydrogens is 240 g/mol. The van der Waals surface area contributed by atoms with E-state index in [9.17, 15) is 4.79 Å². The molecule has 19 heavy (non-hydrogen) atoms. The highest BCUT2D eigenvalue weighted by Gasteiger charge is 2.26. The van der Waals surface area contributed by atoms with Crippen molar-refractivity contribution in [2.45, 2.75) is 31.3 Å². The first-order valence-corrected chi connectivity index (χ1v) is 6.57. The quantitative estimate of drug-likeness (QED) is 0.866. The molecule has 4 nitrogen and oxygen atoms in total. The molecular formula is C15H16N2O2. The molecule has 1 aliphatic heterocycles. The number of nitrogens with one attached hydrogen (secondary N) is 1. The largest absolute Gasteiger partial charge is 0.480 e. The van der Waals surface area contributed by atoms with Crippen LogP contribution in [0.4, 0.5) is 0 Å². The van der Waals surface area contributed by atoms with Crippen LogP contribution in [0.1, 0.15) is 30.9 Å². The van der Waals surface area contributed by atoms with Gasteiger partial charge < -0.3 is 5.11 Å². The van der Waals surface area contributed by atoms with Crippen molar-refractivity contribution in [3.05, 3.63) is 42.1 Å². The number of aromatic nitrogens is 1. The van der Waals surface area contributed by atoms with Gasteiger partial charge in [-0.25, -0.2) is 0 Å². The van der Waals surface area contributed by atoms with Crippen LogP contribution in [0.2, 0.25) is 0 Å². The molecule has 1 saturated heterocycles. The summed E-state index contributed by atoms with van der Waals surface area (Å²) in [6.07, 6.45) is 4.45. The normalized spacial score (nSPS) is 23.4. The van der Waals surface area contributed by atoms with E-state index in [1.165, 1.54) is 0 Å². The maximum atomic E-state index is 11.1. The molecule has 0 aliphatic carbocycles. The second kappa shape index (κ2) is 4.97. The maximum Gasteiger partial charge on any atom is 0.320 e. The number of pyridine rings is 1. The number of nitrogens with zero attached hydrogens (tertiary/aromatic N) is 1. The van der Waals surface area contributed by atoms with E-state index in [2.05, 4.69) is 16.4 Å². The van der Waals surface area contributed by atoms with Crippen LogP contribution in [0.3, 0.4) is 0 Å².